The molecule has 1 aromatic rings. The number of sulfone groups is 1. The van der Waals surface area contributed by atoms with Gasteiger partial charge < -0.3 is 10.6 Å². The molecule has 0 spiro atoms. The van der Waals surface area contributed by atoms with Crippen LogP contribution in [0, 0.1) is 0 Å². The standard InChI is InChI=1S/C16H24N4O3S/c21-16(20-13-7-8-24(22,23)11-13)14-9-18-15(10-17-14)19-12-5-3-1-2-4-6-12/h9-10,12-13H,1-8,11H2,(H,18,19)(H,20,21). The van der Waals surface area contributed by atoms with Crippen molar-refractivity contribution < 1.29 is 13.2 Å². The minimum atomic E-state index is -3.01. The third-order valence-corrected chi connectivity index (χ3v) is 6.43. The molecule has 0 bridgehead atoms. The van der Waals surface area contributed by atoms with Crippen LogP contribution in [0.1, 0.15) is 55.4 Å². The summed E-state index contributed by atoms with van der Waals surface area (Å²) in [6.07, 6.45) is 10.8. The Kier molecular flexibility index (Phi) is 5.33. The number of amides is 1. The van der Waals surface area contributed by atoms with Gasteiger partial charge in [0.1, 0.15) is 11.5 Å². The van der Waals surface area contributed by atoms with Gasteiger partial charge in [-0.05, 0) is 19.3 Å². The van der Waals surface area contributed by atoms with Crippen LogP contribution < -0.4 is 10.6 Å². The second-order valence-electron chi connectivity index (χ2n) is 6.69. The van der Waals surface area contributed by atoms with E-state index in [1.54, 1.807) is 6.20 Å². The topological polar surface area (TPSA) is 101 Å². The minimum Gasteiger partial charge on any atom is -0.366 e. The van der Waals surface area contributed by atoms with E-state index in [0.29, 0.717) is 18.3 Å². The summed E-state index contributed by atoms with van der Waals surface area (Å²) in [4.78, 5) is 20.6. The number of nitrogens with one attached hydrogen (secondary N) is 2. The number of aromatic nitrogens is 2. The van der Waals surface area contributed by atoms with Crippen molar-refractivity contribution in [1.82, 2.24) is 15.3 Å². The third-order valence-electron chi connectivity index (χ3n) is 4.66. The van der Waals surface area contributed by atoms with E-state index in [4.69, 9.17) is 0 Å². The molecule has 1 unspecified atom stereocenters. The van der Waals surface area contributed by atoms with Crippen LogP contribution in [0.3, 0.4) is 0 Å². The number of anilines is 1. The van der Waals surface area contributed by atoms with Gasteiger partial charge in [0.2, 0.25) is 0 Å². The Labute approximate surface area is 142 Å². The SMILES string of the molecule is O=C(NC1CCS(=O)(=O)C1)c1cnc(NC2CCCCCC2)cn1. The molecule has 132 valence electrons. The van der Waals surface area contributed by atoms with E-state index in [0.717, 1.165) is 12.8 Å². The molecular weight excluding hydrogens is 328 g/mol. The summed E-state index contributed by atoms with van der Waals surface area (Å²) in [7, 11) is -3.01. The lowest BCUT2D eigenvalue weighted by atomic mass is 10.1. The molecule has 0 aromatic carbocycles. The number of carbonyl (C=O) groups excluding carboxylic acids is 1. The Bertz CT molecular complexity index is 667. The Morgan fingerprint density at radius 1 is 1.00 bits per heavy atom. The first-order chi connectivity index (χ1) is 11.5. The number of rotatable bonds is 4. The summed E-state index contributed by atoms with van der Waals surface area (Å²) in [5, 5.41) is 6.11. The third kappa shape index (κ3) is 4.66. The first-order valence-electron chi connectivity index (χ1n) is 8.62. The van der Waals surface area contributed by atoms with Gasteiger partial charge in [0.15, 0.2) is 9.84 Å². The summed E-state index contributed by atoms with van der Waals surface area (Å²) in [5.41, 5.74) is 0.214. The quantitative estimate of drug-likeness (QED) is 0.797. The molecule has 2 heterocycles. The zero-order valence-electron chi connectivity index (χ0n) is 13.7. The van der Waals surface area contributed by atoms with Crippen LogP contribution in [0.25, 0.3) is 0 Å². The van der Waals surface area contributed by atoms with E-state index in [2.05, 4.69) is 20.6 Å². The van der Waals surface area contributed by atoms with Gasteiger partial charge in [-0.1, -0.05) is 25.7 Å². The second kappa shape index (κ2) is 7.46. The minimum absolute atomic E-state index is 0.00743. The molecule has 1 aliphatic carbocycles. The van der Waals surface area contributed by atoms with Crippen molar-refractivity contribution in [1.29, 1.82) is 0 Å². The normalized spacial score (nSPS) is 24.2. The lowest BCUT2D eigenvalue weighted by Crippen LogP contribution is -2.36. The second-order valence-corrected chi connectivity index (χ2v) is 8.92. The van der Waals surface area contributed by atoms with Gasteiger partial charge in [-0.2, -0.15) is 0 Å². The van der Waals surface area contributed by atoms with Crippen LogP contribution in [0.2, 0.25) is 0 Å². The largest absolute Gasteiger partial charge is 0.366 e. The molecule has 24 heavy (non-hydrogen) atoms. The lowest BCUT2D eigenvalue weighted by molar-refractivity contribution is 0.0935. The molecule has 2 N–H and O–H groups in total. The van der Waals surface area contributed by atoms with Crippen molar-refractivity contribution in [2.24, 2.45) is 0 Å². The average Bonchev–Trinajstić information content (AvgIpc) is 2.75. The molecule has 0 radical (unpaired) electrons. The van der Waals surface area contributed by atoms with Gasteiger partial charge in [-0.25, -0.2) is 18.4 Å². The summed E-state index contributed by atoms with van der Waals surface area (Å²) in [6, 6.07) is 0.0956. The van der Waals surface area contributed by atoms with E-state index in [-0.39, 0.29) is 29.1 Å². The van der Waals surface area contributed by atoms with Gasteiger partial charge in [0, 0.05) is 12.1 Å². The fraction of sp³-hybridized carbons (Fsp3) is 0.688. The van der Waals surface area contributed by atoms with Crippen LogP contribution in [0.4, 0.5) is 5.82 Å². The number of hydrogen-bond acceptors (Lipinski definition) is 6. The first kappa shape index (κ1) is 17.1. The van der Waals surface area contributed by atoms with Crippen LogP contribution in [-0.4, -0.2) is 47.9 Å². The Morgan fingerprint density at radius 2 is 1.75 bits per heavy atom. The van der Waals surface area contributed by atoms with Gasteiger partial charge in [-0.3, -0.25) is 4.79 Å². The molecule has 3 rings (SSSR count). The maximum Gasteiger partial charge on any atom is 0.271 e. The number of hydrogen-bond donors (Lipinski definition) is 2. The summed E-state index contributed by atoms with van der Waals surface area (Å²) < 4.78 is 22.9. The van der Waals surface area contributed by atoms with Crippen molar-refractivity contribution in [3.8, 4) is 0 Å². The van der Waals surface area contributed by atoms with E-state index >= 15 is 0 Å². The van der Waals surface area contributed by atoms with Gasteiger partial charge in [0.05, 0.1) is 23.9 Å². The highest BCUT2D eigenvalue weighted by Crippen LogP contribution is 2.20. The van der Waals surface area contributed by atoms with Crippen molar-refractivity contribution in [3.05, 3.63) is 18.1 Å². The van der Waals surface area contributed by atoms with E-state index in [1.807, 2.05) is 0 Å². The predicted molar refractivity (Wildman–Crippen MR) is 91.7 cm³/mol. The van der Waals surface area contributed by atoms with E-state index in [9.17, 15) is 13.2 Å². The van der Waals surface area contributed by atoms with Crippen LogP contribution in [-0.2, 0) is 9.84 Å². The van der Waals surface area contributed by atoms with Crippen molar-refractivity contribution >= 4 is 21.6 Å². The van der Waals surface area contributed by atoms with Gasteiger partial charge >= 0.3 is 0 Å². The lowest BCUT2D eigenvalue weighted by Gasteiger charge is -2.16. The van der Waals surface area contributed by atoms with Gasteiger partial charge in [0.25, 0.3) is 5.91 Å². The molecule has 1 aliphatic heterocycles. The van der Waals surface area contributed by atoms with Crippen LogP contribution in [0.5, 0.6) is 0 Å². The first-order valence-corrected chi connectivity index (χ1v) is 10.4. The fourth-order valence-corrected chi connectivity index (χ4v) is 4.99. The van der Waals surface area contributed by atoms with Crippen molar-refractivity contribution in [2.75, 3.05) is 16.8 Å². The molecule has 1 aromatic heterocycles. The average molecular weight is 352 g/mol. The molecule has 1 saturated heterocycles. The molecule has 2 fully saturated rings. The highest BCUT2D eigenvalue weighted by atomic mass is 32.2. The molecule has 7 nitrogen and oxygen atoms in total. The molecule has 1 atom stereocenters. The van der Waals surface area contributed by atoms with Crippen molar-refractivity contribution in [2.45, 2.75) is 57.0 Å². The maximum absolute atomic E-state index is 12.1. The summed E-state index contributed by atoms with van der Waals surface area (Å²) >= 11 is 0. The Morgan fingerprint density at radius 3 is 2.33 bits per heavy atom. The smallest absolute Gasteiger partial charge is 0.271 e. The monoisotopic (exact) mass is 352 g/mol. The molecule has 1 saturated carbocycles. The highest BCUT2D eigenvalue weighted by Gasteiger charge is 2.29. The fourth-order valence-electron chi connectivity index (χ4n) is 3.32. The maximum atomic E-state index is 12.1. The summed E-state index contributed by atoms with van der Waals surface area (Å²) in [5.74, 6) is 0.453. The molecule has 8 heteroatoms. The van der Waals surface area contributed by atoms with E-state index in [1.165, 1.54) is 31.9 Å². The number of nitrogens with zero attached hydrogens (tertiary/aromatic N) is 2. The van der Waals surface area contributed by atoms with Gasteiger partial charge in [-0.15, -0.1) is 0 Å². The van der Waals surface area contributed by atoms with Crippen molar-refractivity contribution in [3.63, 3.8) is 0 Å². The predicted octanol–water partition coefficient (Wildman–Crippen LogP) is 1.53. The van der Waals surface area contributed by atoms with Crippen LogP contribution >= 0.6 is 0 Å². The van der Waals surface area contributed by atoms with Crippen LogP contribution in [0.15, 0.2) is 12.4 Å². The molecule has 1 amide bonds. The zero-order chi connectivity index (χ0) is 17.0. The molecular formula is C16H24N4O3S. The zero-order valence-corrected chi connectivity index (χ0v) is 14.5. The highest BCUT2D eigenvalue weighted by molar-refractivity contribution is 7.91. The Hall–Kier alpha value is -1.70. The van der Waals surface area contributed by atoms with E-state index < -0.39 is 9.84 Å². The summed E-state index contributed by atoms with van der Waals surface area (Å²) in [6.45, 7) is 0. The Balaban J connectivity index is 1.54. The molecule has 2 aliphatic rings. The number of carbonyl (C=O) groups is 1.